The van der Waals surface area contributed by atoms with Crippen molar-refractivity contribution in [2.45, 2.75) is 51.0 Å². The van der Waals surface area contributed by atoms with E-state index >= 15 is 0 Å². The molecule has 6 nitrogen and oxygen atoms in total. The smallest absolute Gasteiger partial charge is 0.243 e. The summed E-state index contributed by atoms with van der Waals surface area (Å²) < 4.78 is 5.97. The molecule has 1 fully saturated rings. The summed E-state index contributed by atoms with van der Waals surface area (Å²) in [5, 5.41) is 6.66. The van der Waals surface area contributed by atoms with Crippen molar-refractivity contribution in [3.8, 4) is 0 Å². The van der Waals surface area contributed by atoms with Crippen LogP contribution in [0.25, 0.3) is 0 Å². The van der Waals surface area contributed by atoms with Crippen molar-refractivity contribution in [1.29, 1.82) is 0 Å². The van der Waals surface area contributed by atoms with Gasteiger partial charge in [-0.1, -0.05) is 49.6 Å². The van der Waals surface area contributed by atoms with Crippen LogP contribution in [0.4, 0.5) is 0 Å². The van der Waals surface area contributed by atoms with Gasteiger partial charge in [0.05, 0.1) is 6.10 Å². The number of carbonyl (C=O) groups is 1. The van der Waals surface area contributed by atoms with Gasteiger partial charge in [-0.15, -0.1) is 0 Å². The van der Waals surface area contributed by atoms with Crippen LogP contribution in [0, 0.1) is 0 Å². The van der Waals surface area contributed by atoms with Gasteiger partial charge >= 0.3 is 0 Å². The monoisotopic (exact) mass is 388 g/mol. The summed E-state index contributed by atoms with van der Waals surface area (Å²) in [6.07, 6.45) is 8.63. The fraction of sp³-hybridized carbons (Fsp3) is 0.636. The summed E-state index contributed by atoms with van der Waals surface area (Å²) in [4.78, 5) is 17.8. The summed E-state index contributed by atoms with van der Waals surface area (Å²) in [6, 6.07) is 10.3. The molecule has 156 valence electrons. The highest BCUT2D eigenvalue weighted by molar-refractivity contribution is 5.84. The normalized spacial score (nSPS) is 15.3. The predicted molar refractivity (Wildman–Crippen MR) is 115 cm³/mol. The minimum Gasteiger partial charge on any atom is -0.378 e. The van der Waals surface area contributed by atoms with E-state index in [1.165, 1.54) is 37.7 Å². The van der Waals surface area contributed by atoms with E-state index in [0.717, 1.165) is 32.5 Å². The molecular formula is C22H36N4O2. The number of carbonyl (C=O) groups excluding carboxylic acids is 1. The molecule has 0 spiro atoms. The molecule has 28 heavy (non-hydrogen) atoms. The molecule has 0 radical (unpaired) electrons. The molecule has 1 saturated carbocycles. The Morgan fingerprint density at radius 3 is 2.54 bits per heavy atom. The van der Waals surface area contributed by atoms with E-state index < -0.39 is 0 Å². The second-order valence-corrected chi connectivity index (χ2v) is 7.53. The zero-order valence-electron chi connectivity index (χ0n) is 17.5. The first-order chi connectivity index (χ1) is 13.6. The third-order valence-electron chi connectivity index (χ3n) is 4.94. The van der Waals surface area contributed by atoms with Crippen molar-refractivity contribution in [3.05, 3.63) is 35.9 Å². The standard InChI is InChI=1S/C22H36N4O2/c1-26(2)21(27)18-25-22(24-16-14-19-10-5-3-6-11-19)23-15-9-17-28-20-12-7-4-8-13-20/h3,5-6,10-11,20H,4,7-9,12-18H2,1-2H3,(H2,23,24,25). The van der Waals surface area contributed by atoms with Gasteiger partial charge < -0.3 is 20.3 Å². The van der Waals surface area contributed by atoms with Crippen LogP contribution in [0.15, 0.2) is 35.3 Å². The molecule has 0 aromatic heterocycles. The Morgan fingerprint density at radius 1 is 1.11 bits per heavy atom. The third-order valence-corrected chi connectivity index (χ3v) is 4.94. The highest BCUT2D eigenvalue weighted by Crippen LogP contribution is 2.20. The topological polar surface area (TPSA) is 66.0 Å². The van der Waals surface area contributed by atoms with Crippen molar-refractivity contribution in [3.63, 3.8) is 0 Å². The molecule has 0 aliphatic heterocycles. The number of hydrogen-bond acceptors (Lipinski definition) is 3. The third kappa shape index (κ3) is 9.22. The van der Waals surface area contributed by atoms with Crippen LogP contribution in [-0.2, 0) is 16.0 Å². The first-order valence-electron chi connectivity index (χ1n) is 10.5. The Kier molecular flexibility index (Phi) is 10.4. The molecule has 0 saturated heterocycles. The molecule has 0 atom stereocenters. The second kappa shape index (κ2) is 13.2. The average molecular weight is 389 g/mol. The van der Waals surface area contributed by atoms with Crippen molar-refractivity contribution in [1.82, 2.24) is 15.5 Å². The lowest BCUT2D eigenvalue weighted by molar-refractivity contribution is -0.127. The lowest BCUT2D eigenvalue weighted by atomic mass is 9.98. The lowest BCUT2D eigenvalue weighted by Crippen LogP contribution is -2.40. The maximum Gasteiger partial charge on any atom is 0.243 e. The number of hydrogen-bond donors (Lipinski definition) is 2. The van der Waals surface area contributed by atoms with E-state index in [0.29, 0.717) is 12.1 Å². The predicted octanol–water partition coefficient (Wildman–Crippen LogP) is 2.59. The number of likely N-dealkylation sites (N-methyl/N-ethyl adjacent to an activating group) is 1. The van der Waals surface area contributed by atoms with Gasteiger partial charge in [-0.2, -0.15) is 0 Å². The van der Waals surface area contributed by atoms with Crippen LogP contribution in [0.1, 0.15) is 44.1 Å². The Morgan fingerprint density at radius 2 is 1.82 bits per heavy atom. The first-order valence-corrected chi connectivity index (χ1v) is 10.5. The van der Waals surface area contributed by atoms with E-state index in [1.54, 1.807) is 19.0 Å². The molecule has 1 aliphatic rings. The average Bonchev–Trinajstić information content (AvgIpc) is 2.72. The van der Waals surface area contributed by atoms with E-state index in [-0.39, 0.29) is 12.5 Å². The molecule has 2 N–H and O–H groups in total. The van der Waals surface area contributed by atoms with Crippen LogP contribution >= 0.6 is 0 Å². The summed E-state index contributed by atoms with van der Waals surface area (Å²) in [7, 11) is 3.49. The van der Waals surface area contributed by atoms with Crippen LogP contribution in [-0.4, -0.2) is 63.2 Å². The lowest BCUT2D eigenvalue weighted by Gasteiger charge is -2.22. The maximum absolute atomic E-state index is 11.8. The van der Waals surface area contributed by atoms with E-state index in [9.17, 15) is 4.79 Å². The minimum atomic E-state index is -0.00945. The van der Waals surface area contributed by atoms with Gasteiger partial charge in [0.15, 0.2) is 5.96 Å². The zero-order chi connectivity index (χ0) is 20.0. The Hall–Kier alpha value is -2.08. The molecule has 1 amide bonds. The number of aliphatic imine (C=N–C) groups is 1. The van der Waals surface area contributed by atoms with E-state index in [2.05, 4.69) is 27.8 Å². The number of nitrogens with zero attached hydrogens (tertiary/aromatic N) is 2. The van der Waals surface area contributed by atoms with Gasteiger partial charge in [0.2, 0.25) is 5.91 Å². The quantitative estimate of drug-likeness (QED) is 0.367. The van der Waals surface area contributed by atoms with Crippen LogP contribution < -0.4 is 10.6 Å². The van der Waals surface area contributed by atoms with Gasteiger partial charge in [0, 0.05) is 33.8 Å². The SMILES string of the molecule is CN(C)C(=O)CN=C(NCCCOC1CCCCC1)NCCc1ccccc1. The number of benzene rings is 1. The number of rotatable bonds is 10. The van der Waals surface area contributed by atoms with Gasteiger partial charge in [-0.05, 0) is 31.2 Å². The summed E-state index contributed by atoms with van der Waals surface area (Å²) in [5.41, 5.74) is 1.28. The second-order valence-electron chi connectivity index (χ2n) is 7.53. The van der Waals surface area contributed by atoms with Crippen molar-refractivity contribution in [2.75, 3.05) is 40.3 Å². The van der Waals surface area contributed by atoms with Crippen molar-refractivity contribution in [2.24, 2.45) is 4.99 Å². The first kappa shape index (κ1) is 22.2. The number of nitrogens with one attached hydrogen (secondary N) is 2. The molecule has 6 heteroatoms. The number of guanidine groups is 1. The Balaban J connectivity index is 1.71. The van der Waals surface area contributed by atoms with Crippen molar-refractivity contribution < 1.29 is 9.53 Å². The van der Waals surface area contributed by atoms with E-state index in [1.807, 2.05) is 18.2 Å². The van der Waals surface area contributed by atoms with Crippen molar-refractivity contribution >= 4 is 11.9 Å². The molecule has 0 unspecified atom stereocenters. The highest BCUT2D eigenvalue weighted by Gasteiger charge is 2.13. The zero-order valence-corrected chi connectivity index (χ0v) is 17.5. The molecule has 2 rings (SSSR count). The highest BCUT2D eigenvalue weighted by atomic mass is 16.5. The summed E-state index contributed by atoms with van der Waals surface area (Å²) >= 11 is 0. The van der Waals surface area contributed by atoms with E-state index in [4.69, 9.17) is 4.74 Å². The van der Waals surface area contributed by atoms with Gasteiger partial charge in [0.1, 0.15) is 6.54 Å². The Bertz CT molecular complexity index is 583. The van der Waals surface area contributed by atoms with Gasteiger partial charge in [-0.3, -0.25) is 4.79 Å². The minimum absolute atomic E-state index is 0.00945. The van der Waals surface area contributed by atoms with Gasteiger partial charge in [0.25, 0.3) is 0 Å². The van der Waals surface area contributed by atoms with Crippen LogP contribution in [0.3, 0.4) is 0 Å². The number of amides is 1. The molecular weight excluding hydrogens is 352 g/mol. The van der Waals surface area contributed by atoms with Crippen LogP contribution in [0.5, 0.6) is 0 Å². The molecule has 0 heterocycles. The van der Waals surface area contributed by atoms with Crippen LogP contribution in [0.2, 0.25) is 0 Å². The summed E-state index contributed by atoms with van der Waals surface area (Å²) in [6.45, 7) is 2.46. The fourth-order valence-corrected chi connectivity index (χ4v) is 3.19. The molecule has 1 aromatic rings. The number of ether oxygens (including phenoxy) is 1. The Labute approximate surface area is 169 Å². The molecule has 1 aliphatic carbocycles. The largest absolute Gasteiger partial charge is 0.378 e. The maximum atomic E-state index is 11.8. The summed E-state index contributed by atoms with van der Waals surface area (Å²) in [5.74, 6) is 0.675. The molecule has 1 aromatic carbocycles. The fourth-order valence-electron chi connectivity index (χ4n) is 3.19. The van der Waals surface area contributed by atoms with Gasteiger partial charge in [-0.25, -0.2) is 4.99 Å². The molecule has 0 bridgehead atoms.